The minimum absolute atomic E-state index is 0.00433. The van der Waals surface area contributed by atoms with Crippen molar-refractivity contribution in [3.8, 4) is 0 Å². The maximum atomic E-state index is 12.1. The monoisotopic (exact) mass is 336 g/mol. The molecule has 0 bridgehead atoms. The zero-order valence-electron chi connectivity index (χ0n) is 13.5. The molecule has 120 valence electrons. The Morgan fingerprint density at radius 2 is 2.05 bits per heavy atom. The number of anilines is 1. The number of nitrogens with one attached hydrogen (secondary N) is 1. The highest BCUT2D eigenvalue weighted by molar-refractivity contribution is 8.23. The average molecular weight is 337 g/mol. The first-order valence-corrected chi connectivity index (χ1v) is 9.14. The van der Waals surface area contributed by atoms with Crippen molar-refractivity contribution < 1.29 is 4.79 Å². The van der Waals surface area contributed by atoms with Crippen molar-refractivity contribution in [1.29, 1.82) is 0 Å². The SMILES string of the molecule is Cc1ccc(NC(=O)CSC(=S)N2CCC(C)CC2)c(C)c1. The van der Waals surface area contributed by atoms with E-state index in [1.165, 1.54) is 30.2 Å². The van der Waals surface area contributed by atoms with Gasteiger partial charge in [0.05, 0.1) is 5.75 Å². The molecule has 1 aliphatic heterocycles. The number of thiocarbonyl (C=S) groups is 1. The van der Waals surface area contributed by atoms with Gasteiger partial charge >= 0.3 is 0 Å². The van der Waals surface area contributed by atoms with Gasteiger partial charge in [0.1, 0.15) is 4.32 Å². The highest BCUT2D eigenvalue weighted by atomic mass is 32.2. The quantitative estimate of drug-likeness (QED) is 0.846. The molecule has 1 aromatic carbocycles. The number of hydrogen-bond donors (Lipinski definition) is 1. The van der Waals surface area contributed by atoms with E-state index >= 15 is 0 Å². The standard InChI is InChI=1S/C17H24N2OS2/c1-12-6-8-19(9-7-12)17(21)22-11-16(20)18-15-5-4-13(2)10-14(15)3/h4-5,10,12H,6-9,11H2,1-3H3,(H,18,20). The number of aryl methyl sites for hydroxylation is 2. The summed E-state index contributed by atoms with van der Waals surface area (Å²) in [5.41, 5.74) is 3.17. The summed E-state index contributed by atoms with van der Waals surface area (Å²) in [5, 5.41) is 2.96. The smallest absolute Gasteiger partial charge is 0.234 e. The second kappa shape index (κ2) is 7.97. The van der Waals surface area contributed by atoms with Crippen LogP contribution < -0.4 is 5.32 Å². The maximum absolute atomic E-state index is 12.1. The topological polar surface area (TPSA) is 32.3 Å². The number of piperidine rings is 1. The summed E-state index contributed by atoms with van der Waals surface area (Å²) in [7, 11) is 0. The van der Waals surface area contributed by atoms with Gasteiger partial charge in [0.2, 0.25) is 5.91 Å². The van der Waals surface area contributed by atoms with E-state index in [2.05, 4.69) is 23.2 Å². The molecule has 1 fully saturated rings. The molecule has 1 aliphatic rings. The number of rotatable bonds is 3. The summed E-state index contributed by atoms with van der Waals surface area (Å²) in [5.74, 6) is 1.17. The zero-order chi connectivity index (χ0) is 16.1. The molecule has 1 amide bonds. The summed E-state index contributed by atoms with van der Waals surface area (Å²) in [6, 6.07) is 6.04. The van der Waals surface area contributed by atoms with Crippen LogP contribution in [0.15, 0.2) is 18.2 Å². The first-order chi connectivity index (χ1) is 10.5. The number of amides is 1. The Hall–Kier alpha value is -1.07. The van der Waals surface area contributed by atoms with Gasteiger partial charge in [-0.15, -0.1) is 0 Å². The molecule has 0 radical (unpaired) electrons. The molecule has 0 unspecified atom stereocenters. The molecule has 22 heavy (non-hydrogen) atoms. The lowest BCUT2D eigenvalue weighted by Crippen LogP contribution is -2.36. The number of likely N-dealkylation sites (tertiary alicyclic amines) is 1. The van der Waals surface area contributed by atoms with Crippen LogP contribution in [0.2, 0.25) is 0 Å². The van der Waals surface area contributed by atoms with E-state index in [9.17, 15) is 4.79 Å². The van der Waals surface area contributed by atoms with Gasteiger partial charge in [-0.25, -0.2) is 0 Å². The van der Waals surface area contributed by atoms with Crippen molar-refractivity contribution in [3.63, 3.8) is 0 Å². The number of carbonyl (C=O) groups is 1. The highest BCUT2D eigenvalue weighted by Gasteiger charge is 2.18. The Morgan fingerprint density at radius 1 is 1.36 bits per heavy atom. The Balaban J connectivity index is 1.79. The number of carbonyl (C=O) groups excluding carboxylic acids is 1. The van der Waals surface area contributed by atoms with E-state index in [1.54, 1.807) is 0 Å². The lowest BCUT2D eigenvalue weighted by atomic mass is 10.00. The predicted molar refractivity (Wildman–Crippen MR) is 99.6 cm³/mol. The fraction of sp³-hybridized carbons (Fsp3) is 0.529. The maximum Gasteiger partial charge on any atom is 0.234 e. The van der Waals surface area contributed by atoms with Crippen molar-refractivity contribution in [3.05, 3.63) is 29.3 Å². The van der Waals surface area contributed by atoms with Crippen LogP contribution in [-0.4, -0.2) is 34.0 Å². The Morgan fingerprint density at radius 3 is 2.68 bits per heavy atom. The van der Waals surface area contributed by atoms with Crippen LogP contribution in [0, 0.1) is 19.8 Å². The van der Waals surface area contributed by atoms with Crippen molar-refractivity contribution in [2.45, 2.75) is 33.6 Å². The van der Waals surface area contributed by atoms with Crippen LogP contribution in [0.25, 0.3) is 0 Å². The minimum atomic E-state index is 0.00433. The van der Waals surface area contributed by atoms with Crippen LogP contribution in [0.1, 0.15) is 30.9 Å². The lowest BCUT2D eigenvalue weighted by molar-refractivity contribution is -0.113. The molecular weight excluding hydrogens is 312 g/mol. The van der Waals surface area contributed by atoms with Crippen molar-refractivity contribution in [2.24, 2.45) is 5.92 Å². The molecule has 1 aromatic rings. The van der Waals surface area contributed by atoms with Crippen LogP contribution in [0.4, 0.5) is 5.69 Å². The molecule has 0 aromatic heterocycles. The average Bonchev–Trinajstić information content (AvgIpc) is 2.48. The summed E-state index contributed by atoms with van der Waals surface area (Å²) < 4.78 is 0.850. The minimum Gasteiger partial charge on any atom is -0.357 e. The van der Waals surface area contributed by atoms with Crippen molar-refractivity contribution in [1.82, 2.24) is 4.90 Å². The Labute approximate surface area is 142 Å². The molecule has 0 aliphatic carbocycles. The molecule has 5 heteroatoms. The third-order valence-electron chi connectivity index (χ3n) is 4.02. The normalized spacial score (nSPS) is 15.7. The van der Waals surface area contributed by atoms with Gasteiger partial charge in [-0.1, -0.05) is 48.6 Å². The summed E-state index contributed by atoms with van der Waals surface area (Å²) in [4.78, 5) is 14.3. The van der Waals surface area contributed by atoms with E-state index in [0.29, 0.717) is 5.75 Å². The van der Waals surface area contributed by atoms with Gasteiger partial charge < -0.3 is 10.2 Å². The predicted octanol–water partition coefficient (Wildman–Crippen LogP) is 3.99. The van der Waals surface area contributed by atoms with E-state index in [1.807, 2.05) is 26.0 Å². The van der Waals surface area contributed by atoms with E-state index < -0.39 is 0 Å². The summed E-state index contributed by atoms with van der Waals surface area (Å²) in [6.45, 7) is 8.38. The van der Waals surface area contributed by atoms with Gasteiger partial charge in [0.25, 0.3) is 0 Å². The Kier molecular flexibility index (Phi) is 6.26. The van der Waals surface area contributed by atoms with Gasteiger partial charge in [-0.2, -0.15) is 0 Å². The Bertz CT molecular complexity index is 552. The first-order valence-electron chi connectivity index (χ1n) is 7.74. The molecule has 0 atom stereocenters. The highest BCUT2D eigenvalue weighted by Crippen LogP contribution is 2.21. The third kappa shape index (κ3) is 4.99. The molecule has 0 spiro atoms. The van der Waals surface area contributed by atoms with E-state index in [-0.39, 0.29) is 5.91 Å². The van der Waals surface area contributed by atoms with Gasteiger partial charge in [-0.3, -0.25) is 4.79 Å². The summed E-state index contributed by atoms with van der Waals surface area (Å²) >= 11 is 6.91. The van der Waals surface area contributed by atoms with Gasteiger partial charge in [0.15, 0.2) is 0 Å². The summed E-state index contributed by atoms with van der Waals surface area (Å²) in [6.07, 6.45) is 2.38. The number of thioether (sulfide) groups is 1. The largest absolute Gasteiger partial charge is 0.357 e. The molecule has 0 saturated carbocycles. The van der Waals surface area contributed by atoms with Crippen molar-refractivity contribution >= 4 is 39.9 Å². The van der Waals surface area contributed by atoms with Gasteiger partial charge in [0, 0.05) is 18.8 Å². The molecule has 1 N–H and O–H groups in total. The second-order valence-electron chi connectivity index (χ2n) is 6.09. The van der Waals surface area contributed by atoms with E-state index in [0.717, 1.165) is 34.6 Å². The number of hydrogen-bond acceptors (Lipinski definition) is 3. The van der Waals surface area contributed by atoms with Crippen LogP contribution in [0.5, 0.6) is 0 Å². The fourth-order valence-corrected chi connectivity index (χ4v) is 3.60. The number of benzene rings is 1. The van der Waals surface area contributed by atoms with Crippen LogP contribution in [0.3, 0.4) is 0 Å². The third-order valence-corrected chi connectivity index (χ3v) is 5.55. The zero-order valence-corrected chi connectivity index (χ0v) is 15.1. The van der Waals surface area contributed by atoms with Gasteiger partial charge in [-0.05, 0) is 44.2 Å². The second-order valence-corrected chi connectivity index (χ2v) is 7.70. The van der Waals surface area contributed by atoms with E-state index in [4.69, 9.17) is 12.2 Å². The molecule has 2 rings (SSSR count). The van der Waals surface area contributed by atoms with Crippen LogP contribution >= 0.6 is 24.0 Å². The molecular formula is C17H24N2OS2. The van der Waals surface area contributed by atoms with Crippen molar-refractivity contribution in [2.75, 3.05) is 24.2 Å². The first kappa shape index (κ1) is 17.3. The molecule has 1 heterocycles. The molecule has 3 nitrogen and oxygen atoms in total. The lowest BCUT2D eigenvalue weighted by Gasteiger charge is -2.31. The number of nitrogens with zero attached hydrogens (tertiary/aromatic N) is 1. The fourth-order valence-electron chi connectivity index (χ4n) is 2.55. The molecule has 1 saturated heterocycles. The van der Waals surface area contributed by atoms with Crippen LogP contribution in [-0.2, 0) is 4.79 Å².